The highest BCUT2D eigenvalue weighted by Crippen LogP contribution is 2.25. The molecule has 0 aliphatic rings. The van der Waals surface area contributed by atoms with E-state index in [1.807, 2.05) is 6.07 Å². The highest BCUT2D eigenvalue weighted by molar-refractivity contribution is 5.58. The number of oxazole rings is 1. The lowest BCUT2D eigenvalue weighted by atomic mass is 10.2. The van der Waals surface area contributed by atoms with Crippen molar-refractivity contribution < 1.29 is 13.5 Å². The first-order valence-electron chi connectivity index (χ1n) is 5.64. The molecule has 5 nitrogen and oxygen atoms in total. The van der Waals surface area contributed by atoms with Crippen molar-refractivity contribution in [2.24, 2.45) is 0 Å². The summed E-state index contributed by atoms with van der Waals surface area (Å²) in [7, 11) is 1.58. The van der Waals surface area contributed by atoms with Gasteiger partial charge in [-0.05, 0) is 24.3 Å². The van der Waals surface area contributed by atoms with Crippen LogP contribution in [0, 0.1) is 17.1 Å². The summed E-state index contributed by atoms with van der Waals surface area (Å²) in [5, 5.41) is 11.9. The molecule has 1 aromatic heterocycles. The van der Waals surface area contributed by atoms with E-state index >= 15 is 0 Å². The second-order valence-corrected chi connectivity index (χ2v) is 3.74. The molecule has 0 radical (unpaired) electrons. The maximum Gasteiger partial charge on any atom is 0.232 e. The van der Waals surface area contributed by atoms with Crippen molar-refractivity contribution in [2.45, 2.75) is 0 Å². The molecule has 6 heteroatoms. The molecule has 0 fully saturated rings. The lowest BCUT2D eigenvalue weighted by Gasteiger charge is -2.00. The SMILES string of the molecule is COCCNc1oc(-c2ccc(F)cc2)nc1C#N. The van der Waals surface area contributed by atoms with Gasteiger partial charge in [0.15, 0.2) is 0 Å². The number of hydrogen-bond donors (Lipinski definition) is 1. The molecule has 1 N–H and O–H groups in total. The molecule has 0 atom stereocenters. The number of nitrogens with one attached hydrogen (secondary N) is 1. The number of halogens is 1. The molecule has 0 amide bonds. The molecule has 0 unspecified atom stereocenters. The predicted molar refractivity (Wildman–Crippen MR) is 67.0 cm³/mol. The Morgan fingerprint density at radius 3 is 2.79 bits per heavy atom. The molecule has 0 aliphatic heterocycles. The average Bonchev–Trinajstić information content (AvgIpc) is 2.83. The van der Waals surface area contributed by atoms with Gasteiger partial charge >= 0.3 is 0 Å². The zero-order chi connectivity index (χ0) is 13.7. The number of anilines is 1. The van der Waals surface area contributed by atoms with E-state index in [4.69, 9.17) is 14.4 Å². The van der Waals surface area contributed by atoms with Gasteiger partial charge in [-0.1, -0.05) is 0 Å². The lowest BCUT2D eigenvalue weighted by Crippen LogP contribution is -2.07. The minimum absolute atomic E-state index is 0.162. The Morgan fingerprint density at radius 2 is 2.16 bits per heavy atom. The molecule has 1 aromatic carbocycles. The van der Waals surface area contributed by atoms with Crippen LogP contribution in [0.5, 0.6) is 0 Å². The highest BCUT2D eigenvalue weighted by Gasteiger charge is 2.13. The monoisotopic (exact) mass is 261 g/mol. The fraction of sp³-hybridized carbons (Fsp3) is 0.231. The average molecular weight is 261 g/mol. The third-order valence-corrected chi connectivity index (χ3v) is 2.42. The van der Waals surface area contributed by atoms with Gasteiger partial charge in [0, 0.05) is 19.2 Å². The number of rotatable bonds is 5. The Labute approximate surface area is 109 Å². The van der Waals surface area contributed by atoms with Crippen LogP contribution in [-0.4, -0.2) is 25.2 Å². The minimum Gasteiger partial charge on any atom is -0.419 e. The molecular weight excluding hydrogens is 249 g/mol. The van der Waals surface area contributed by atoms with E-state index in [0.29, 0.717) is 24.6 Å². The number of nitriles is 1. The Hall–Kier alpha value is -2.39. The third-order valence-electron chi connectivity index (χ3n) is 2.42. The summed E-state index contributed by atoms with van der Waals surface area (Å²) >= 11 is 0. The molecule has 2 rings (SSSR count). The van der Waals surface area contributed by atoms with E-state index in [2.05, 4.69) is 10.3 Å². The van der Waals surface area contributed by atoms with Crippen molar-refractivity contribution in [1.29, 1.82) is 5.26 Å². The lowest BCUT2D eigenvalue weighted by molar-refractivity contribution is 0.210. The fourth-order valence-corrected chi connectivity index (χ4v) is 1.50. The standard InChI is InChI=1S/C13H12FN3O2/c1-18-7-6-16-13-11(8-15)17-12(19-13)9-2-4-10(14)5-3-9/h2-5,16H,6-7H2,1H3. The zero-order valence-electron chi connectivity index (χ0n) is 10.3. The topological polar surface area (TPSA) is 71.1 Å². The Bertz CT molecular complexity index is 587. The van der Waals surface area contributed by atoms with Gasteiger partial charge in [0.25, 0.3) is 0 Å². The van der Waals surface area contributed by atoms with Gasteiger partial charge in [-0.25, -0.2) is 4.39 Å². The second kappa shape index (κ2) is 5.98. The highest BCUT2D eigenvalue weighted by atomic mass is 19.1. The van der Waals surface area contributed by atoms with Crippen molar-refractivity contribution in [1.82, 2.24) is 4.98 Å². The van der Waals surface area contributed by atoms with Crippen LogP contribution in [0.1, 0.15) is 5.69 Å². The molecule has 19 heavy (non-hydrogen) atoms. The van der Waals surface area contributed by atoms with Crippen molar-refractivity contribution in [3.63, 3.8) is 0 Å². The molecule has 0 saturated heterocycles. The number of aromatic nitrogens is 1. The first kappa shape index (κ1) is 13.1. The quantitative estimate of drug-likeness (QED) is 0.837. The fourth-order valence-electron chi connectivity index (χ4n) is 1.50. The zero-order valence-corrected chi connectivity index (χ0v) is 10.3. The predicted octanol–water partition coefficient (Wildman–Crippen LogP) is 2.41. The van der Waals surface area contributed by atoms with Crippen molar-refractivity contribution in [3.05, 3.63) is 35.8 Å². The van der Waals surface area contributed by atoms with E-state index < -0.39 is 0 Å². The Morgan fingerprint density at radius 1 is 1.42 bits per heavy atom. The van der Waals surface area contributed by atoms with Crippen LogP contribution in [0.25, 0.3) is 11.5 Å². The normalized spacial score (nSPS) is 10.2. The molecule has 0 bridgehead atoms. The van der Waals surface area contributed by atoms with Gasteiger partial charge in [-0.2, -0.15) is 10.2 Å². The van der Waals surface area contributed by atoms with E-state index in [-0.39, 0.29) is 17.4 Å². The Balaban J connectivity index is 2.23. The van der Waals surface area contributed by atoms with E-state index in [1.165, 1.54) is 12.1 Å². The summed E-state index contributed by atoms with van der Waals surface area (Å²) in [6, 6.07) is 7.65. The molecular formula is C13H12FN3O2. The molecule has 2 aromatic rings. The van der Waals surface area contributed by atoms with Gasteiger partial charge in [-0.3, -0.25) is 0 Å². The molecule has 1 heterocycles. The summed E-state index contributed by atoms with van der Waals surface area (Å²) in [5.74, 6) is 0.226. The maximum atomic E-state index is 12.8. The number of benzene rings is 1. The minimum atomic E-state index is -0.339. The van der Waals surface area contributed by atoms with Gasteiger partial charge < -0.3 is 14.5 Å². The van der Waals surface area contributed by atoms with E-state index in [1.54, 1.807) is 19.2 Å². The molecule has 98 valence electrons. The van der Waals surface area contributed by atoms with Crippen LogP contribution in [0.3, 0.4) is 0 Å². The summed E-state index contributed by atoms with van der Waals surface area (Å²) in [5.41, 5.74) is 0.771. The maximum absolute atomic E-state index is 12.8. The van der Waals surface area contributed by atoms with Crippen LogP contribution in [0.4, 0.5) is 10.3 Å². The third kappa shape index (κ3) is 3.09. The molecule has 0 aliphatic carbocycles. The van der Waals surface area contributed by atoms with Gasteiger partial charge in [0.1, 0.15) is 11.9 Å². The first-order valence-corrected chi connectivity index (χ1v) is 5.64. The summed E-state index contributed by atoms with van der Waals surface area (Å²) < 4.78 is 23.2. The van der Waals surface area contributed by atoms with Gasteiger partial charge in [0.05, 0.1) is 6.61 Å². The van der Waals surface area contributed by atoms with Crippen LogP contribution in [0.15, 0.2) is 28.7 Å². The summed E-state index contributed by atoms with van der Waals surface area (Å²) in [6.07, 6.45) is 0. The number of hydrogen-bond acceptors (Lipinski definition) is 5. The van der Waals surface area contributed by atoms with Crippen LogP contribution >= 0.6 is 0 Å². The van der Waals surface area contributed by atoms with Gasteiger partial charge in [0.2, 0.25) is 17.5 Å². The first-order chi connectivity index (χ1) is 9.24. The van der Waals surface area contributed by atoms with Crippen molar-refractivity contribution in [3.8, 4) is 17.5 Å². The summed E-state index contributed by atoms with van der Waals surface area (Å²) in [6.45, 7) is 0.987. The number of ether oxygens (including phenoxy) is 1. The number of nitrogens with zero attached hydrogens (tertiary/aromatic N) is 2. The molecule has 0 spiro atoms. The van der Waals surface area contributed by atoms with Crippen LogP contribution in [-0.2, 0) is 4.74 Å². The summed E-state index contributed by atoms with van der Waals surface area (Å²) in [4.78, 5) is 4.05. The van der Waals surface area contributed by atoms with Crippen molar-refractivity contribution >= 4 is 5.88 Å². The second-order valence-electron chi connectivity index (χ2n) is 3.74. The van der Waals surface area contributed by atoms with Crippen LogP contribution < -0.4 is 5.32 Å². The van der Waals surface area contributed by atoms with E-state index in [9.17, 15) is 4.39 Å². The van der Waals surface area contributed by atoms with Gasteiger partial charge in [-0.15, -0.1) is 0 Å². The van der Waals surface area contributed by atoms with Crippen LogP contribution in [0.2, 0.25) is 0 Å². The molecule has 0 saturated carbocycles. The van der Waals surface area contributed by atoms with Crippen molar-refractivity contribution in [2.75, 3.05) is 25.6 Å². The largest absolute Gasteiger partial charge is 0.419 e. The number of methoxy groups -OCH3 is 1. The van der Waals surface area contributed by atoms with E-state index in [0.717, 1.165) is 0 Å². The smallest absolute Gasteiger partial charge is 0.232 e. The Kier molecular flexibility index (Phi) is 4.11.